The van der Waals surface area contributed by atoms with Crippen molar-refractivity contribution in [3.05, 3.63) is 42.5 Å². The summed E-state index contributed by atoms with van der Waals surface area (Å²) >= 11 is 0. The zero-order valence-corrected chi connectivity index (χ0v) is 12.3. The molecule has 0 fully saturated rings. The quantitative estimate of drug-likeness (QED) is 0.416. The molecule has 0 spiro atoms. The average Bonchev–Trinajstić information content (AvgIpc) is 2.42. The molecule has 1 aromatic rings. The Labute approximate surface area is 118 Å². The van der Waals surface area contributed by atoms with E-state index in [9.17, 15) is 5.11 Å². The third-order valence-corrected chi connectivity index (χ3v) is 3.73. The van der Waals surface area contributed by atoms with Gasteiger partial charge in [0.15, 0.2) is 0 Å². The Morgan fingerprint density at radius 1 is 1.11 bits per heavy atom. The maximum Gasteiger partial charge on any atom is 0.119 e. The molecule has 1 rings (SSSR count). The first kappa shape index (κ1) is 15.8. The summed E-state index contributed by atoms with van der Waals surface area (Å²) in [5.41, 5.74) is 1.08. The van der Waals surface area contributed by atoms with E-state index in [-0.39, 0.29) is 0 Å². The van der Waals surface area contributed by atoms with Crippen molar-refractivity contribution in [1.29, 1.82) is 0 Å². The lowest BCUT2D eigenvalue weighted by atomic mass is 9.89. The minimum absolute atomic E-state index is 0.421. The molecule has 0 aliphatic carbocycles. The molecule has 106 valence electrons. The van der Waals surface area contributed by atoms with Crippen molar-refractivity contribution >= 4 is 0 Å². The normalized spacial score (nSPS) is 12.3. The number of hydrogen-bond donors (Lipinski definition) is 1. The van der Waals surface area contributed by atoms with Crippen molar-refractivity contribution in [2.24, 2.45) is 0 Å². The molecule has 0 saturated carbocycles. The van der Waals surface area contributed by atoms with Crippen LogP contribution in [0.3, 0.4) is 0 Å². The molecule has 0 aliphatic heterocycles. The smallest absolute Gasteiger partial charge is 0.119 e. The monoisotopic (exact) mass is 260 g/mol. The molecular formula is C18H28O. The first-order valence-corrected chi connectivity index (χ1v) is 7.68. The van der Waals surface area contributed by atoms with E-state index < -0.39 is 0 Å². The molecule has 1 nitrogen and oxygen atoms in total. The zero-order chi connectivity index (χ0) is 13.9. The Kier molecular flexibility index (Phi) is 8.04. The van der Waals surface area contributed by atoms with Gasteiger partial charge in [-0.15, -0.1) is 6.58 Å². The number of aromatic hydroxyl groups is 1. The lowest BCUT2D eigenvalue weighted by Crippen LogP contribution is -1.98. The SMILES string of the molecule is C=CCC(CCCCCCCC)c1ccccc1O. The van der Waals surface area contributed by atoms with Gasteiger partial charge in [-0.05, 0) is 30.4 Å². The highest BCUT2D eigenvalue weighted by Crippen LogP contribution is 2.32. The van der Waals surface area contributed by atoms with Crippen molar-refractivity contribution < 1.29 is 5.11 Å². The number of allylic oxidation sites excluding steroid dienone is 1. The molecule has 1 N–H and O–H groups in total. The van der Waals surface area contributed by atoms with Crippen LogP contribution in [0.15, 0.2) is 36.9 Å². The number of para-hydroxylation sites is 1. The summed E-state index contributed by atoms with van der Waals surface area (Å²) in [6.45, 7) is 6.09. The van der Waals surface area contributed by atoms with Crippen molar-refractivity contribution in [3.8, 4) is 5.75 Å². The number of hydrogen-bond acceptors (Lipinski definition) is 1. The molecule has 0 saturated heterocycles. The highest BCUT2D eigenvalue weighted by Gasteiger charge is 2.13. The molecule has 0 bridgehead atoms. The number of phenols is 1. The maximum absolute atomic E-state index is 9.95. The van der Waals surface area contributed by atoms with Crippen molar-refractivity contribution in [3.63, 3.8) is 0 Å². The van der Waals surface area contributed by atoms with Gasteiger partial charge in [0.2, 0.25) is 0 Å². The van der Waals surface area contributed by atoms with E-state index in [4.69, 9.17) is 0 Å². The van der Waals surface area contributed by atoms with Crippen LogP contribution in [0.25, 0.3) is 0 Å². The van der Waals surface area contributed by atoms with E-state index in [1.54, 1.807) is 6.07 Å². The average molecular weight is 260 g/mol. The minimum Gasteiger partial charge on any atom is -0.508 e. The molecule has 0 aromatic heterocycles. The summed E-state index contributed by atoms with van der Waals surface area (Å²) < 4.78 is 0. The number of rotatable bonds is 10. The Bertz CT molecular complexity index is 356. The lowest BCUT2D eigenvalue weighted by Gasteiger charge is -2.16. The van der Waals surface area contributed by atoms with Gasteiger partial charge in [-0.3, -0.25) is 0 Å². The second-order valence-electron chi connectivity index (χ2n) is 5.34. The molecule has 0 radical (unpaired) electrons. The van der Waals surface area contributed by atoms with Crippen LogP contribution in [0.4, 0.5) is 0 Å². The highest BCUT2D eigenvalue weighted by molar-refractivity contribution is 5.35. The Hall–Kier alpha value is -1.24. The predicted molar refractivity (Wildman–Crippen MR) is 83.7 cm³/mol. The number of benzene rings is 1. The standard InChI is InChI=1S/C18H28O/c1-3-5-6-7-8-9-13-16(12-4-2)17-14-10-11-15-18(17)19/h4,10-11,14-16,19H,2-3,5-9,12-13H2,1H3. The largest absolute Gasteiger partial charge is 0.508 e. The van der Waals surface area contributed by atoms with Gasteiger partial charge in [-0.1, -0.05) is 69.7 Å². The van der Waals surface area contributed by atoms with Gasteiger partial charge in [0.25, 0.3) is 0 Å². The van der Waals surface area contributed by atoms with Crippen LogP contribution in [0.1, 0.15) is 69.8 Å². The summed E-state index contributed by atoms with van der Waals surface area (Å²) in [4.78, 5) is 0. The summed E-state index contributed by atoms with van der Waals surface area (Å²) in [5, 5.41) is 9.95. The van der Waals surface area contributed by atoms with Gasteiger partial charge in [-0.25, -0.2) is 0 Å². The molecule has 0 aliphatic rings. The molecule has 19 heavy (non-hydrogen) atoms. The van der Waals surface area contributed by atoms with Crippen LogP contribution >= 0.6 is 0 Å². The van der Waals surface area contributed by atoms with E-state index >= 15 is 0 Å². The van der Waals surface area contributed by atoms with Gasteiger partial charge < -0.3 is 5.11 Å². The number of phenolic OH excluding ortho intramolecular Hbond substituents is 1. The second kappa shape index (κ2) is 9.66. The summed E-state index contributed by atoms with van der Waals surface area (Å²) in [6, 6.07) is 7.72. The van der Waals surface area contributed by atoms with E-state index in [0.29, 0.717) is 11.7 Å². The summed E-state index contributed by atoms with van der Waals surface area (Å²) in [6.07, 6.45) is 12.0. The third-order valence-electron chi connectivity index (χ3n) is 3.73. The van der Waals surface area contributed by atoms with Gasteiger partial charge in [0.1, 0.15) is 5.75 Å². The van der Waals surface area contributed by atoms with Crippen molar-refractivity contribution in [2.75, 3.05) is 0 Å². The van der Waals surface area contributed by atoms with Crippen LogP contribution in [0.2, 0.25) is 0 Å². The number of unbranched alkanes of at least 4 members (excludes halogenated alkanes) is 5. The first-order valence-electron chi connectivity index (χ1n) is 7.68. The third kappa shape index (κ3) is 5.96. The van der Waals surface area contributed by atoms with Crippen LogP contribution in [0, 0.1) is 0 Å². The van der Waals surface area contributed by atoms with Gasteiger partial charge in [0.05, 0.1) is 0 Å². The predicted octanol–water partition coefficient (Wildman–Crippen LogP) is 5.80. The summed E-state index contributed by atoms with van der Waals surface area (Å²) in [7, 11) is 0. The van der Waals surface area contributed by atoms with Gasteiger partial charge >= 0.3 is 0 Å². The van der Waals surface area contributed by atoms with Gasteiger partial charge in [0, 0.05) is 0 Å². The maximum atomic E-state index is 9.95. The molecule has 0 heterocycles. The molecular weight excluding hydrogens is 232 g/mol. The minimum atomic E-state index is 0.421. The van der Waals surface area contributed by atoms with Crippen LogP contribution < -0.4 is 0 Å². The van der Waals surface area contributed by atoms with Crippen LogP contribution in [-0.4, -0.2) is 5.11 Å². The van der Waals surface area contributed by atoms with Crippen molar-refractivity contribution in [1.82, 2.24) is 0 Å². The zero-order valence-electron chi connectivity index (χ0n) is 12.3. The molecule has 1 unspecified atom stereocenters. The van der Waals surface area contributed by atoms with Crippen LogP contribution in [-0.2, 0) is 0 Å². The van der Waals surface area contributed by atoms with E-state index in [2.05, 4.69) is 13.5 Å². The molecule has 1 aromatic carbocycles. The van der Waals surface area contributed by atoms with Crippen molar-refractivity contribution in [2.45, 2.75) is 64.2 Å². The van der Waals surface area contributed by atoms with E-state index in [0.717, 1.165) is 18.4 Å². The van der Waals surface area contributed by atoms with E-state index in [1.807, 2.05) is 24.3 Å². The highest BCUT2D eigenvalue weighted by atomic mass is 16.3. The topological polar surface area (TPSA) is 20.2 Å². The molecule has 0 amide bonds. The van der Waals surface area contributed by atoms with E-state index in [1.165, 1.54) is 38.5 Å². The Morgan fingerprint density at radius 3 is 2.47 bits per heavy atom. The van der Waals surface area contributed by atoms with Gasteiger partial charge in [-0.2, -0.15) is 0 Å². The fourth-order valence-electron chi connectivity index (χ4n) is 2.61. The fraction of sp³-hybridized carbons (Fsp3) is 0.556. The Balaban J connectivity index is 2.41. The fourth-order valence-corrected chi connectivity index (χ4v) is 2.61. The summed E-state index contributed by atoms with van der Waals surface area (Å²) in [5.74, 6) is 0.852. The molecule has 1 atom stereocenters. The first-order chi connectivity index (χ1) is 9.29. The Morgan fingerprint density at radius 2 is 1.79 bits per heavy atom. The second-order valence-corrected chi connectivity index (χ2v) is 5.34. The lowest BCUT2D eigenvalue weighted by molar-refractivity contribution is 0.453. The van der Waals surface area contributed by atoms with Crippen LogP contribution in [0.5, 0.6) is 5.75 Å². The molecule has 1 heteroatoms.